The van der Waals surface area contributed by atoms with Gasteiger partial charge in [-0.3, -0.25) is 9.59 Å². The molecule has 0 bridgehead atoms. The number of benzene rings is 1. The average Bonchev–Trinajstić information content (AvgIpc) is 2.28. The third-order valence-corrected chi connectivity index (χ3v) is 1.67. The highest BCUT2D eigenvalue weighted by atomic mass is 16.6. The maximum absolute atomic E-state index is 11.1. The average molecular weight is 208 g/mol. The Hall–Kier alpha value is -1.84. The number of para-hydroxylation sites is 2. The molecule has 1 rings (SSSR count). The van der Waals surface area contributed by atoms with Crippen molar-refractivity contribution in [2.24, 2.45) is 0 Å². The lowest BCUT2D eigenvalue weighted by Crippen LogP contribution is -2.07. The molecule has 15 heavy (non-hydrogen) atoms. The smallest absolute Gasteiger partial charge is 0.311 e. The van der Waals surface area contributed by atoms with Gasteiger partial charge in [0.2, 0.25) is 0 Å². The molecule has 0 aliphatic heterocycles. The maximum atomic E-state index is 11.1. The third kappa shape index (κ3) is 3.42. The summed E-state index contributed by atoms with van der Waals surface area (Å²) in [5.74, 6) is 0.398. The number of ether oxygens (including phenoxy) is 2. The van der Waals surface area contributed by atoms with Crippen LogP contribution >= 0.6 is 0 Å². The van der Waals surface area contributed by atoms with E-state index in [4.69, 9.17) is 9.47 Å². The minimum absolute atomic E-state index is 0.0549. The summed E-state index contributed by atoms with van der Waals surface area (Å²) in [7, 11) is 0. The first-order valence-corrected chi connectivity index (χ1v) is 4.64. The standard InChI is InChI=1S/C11H12O4/c1-2-11(13)15-10-6-4-3-5-9(10)14-8-7-12/h3-7H,2,8H2,1H3. The number of aldehydes is 1. The fourth-order valence-corrected chi connectivity index (χ4v) is 0.972. The number of carbonyl (C=O) groups is 2. The Morgan fingerprint density at radius 3 is 2.60 bits per heavy atom. The van der Waals surface area contributed by atoms with Crippen molar-refractivity contribution < 1.29 is 19.1 Å². The highest BCUT2D eigenvalue weighted by Gasteiger charge is 2.07. The van der Waals surface area contributed by atoms with Gasteiger partial charge in [-0.05, 0) is 12.1 Å². The van der Waals surface area contributed by atoms with Gasteiger partial charge in [0.15, 0.2) is 17.8 Å². The molecule has 0 spiro atoms. The second kappa shape index (κ2) is 5.80. The zero-order valence-electron chi connectivity index (χ0n) is 8.43. The van der Waals surface area contributed by atoms with Gasteiger partial charge >= 0.3 is 5.97 Å². The van der Waals surface area contributed by atoms with Crippen molar-refractivity contribution >= 4 is 12.3 Å². The van der Waals surface area contributed by atoms with Gasteiger partial charge < -0.3 is 9.47 Å². The van der Waals surface area contributed by atoms with Crippen LogP contribution in [0.25, 0.3) is 0 Å². The first-order valence-electron chi connectivity index (χ1n) is 4.64. The zero-order valence-corrected chi connectivity index (χ0v) is 8.43. The summed E-state index contributed by atoms with van der Waals surface area (Å²) in [4.78, 5) is 21.2. The minimum Gasteiger partial charge on any atom is -0.482 e. The van der Waals surface area contributed by atoms with Gasteiger partial charge in [-0.1, -0.05) is 19.1 Å². The van der Waals surface area contributed by atoms with Crippen LogP contribution in [0.15, 0.2) is 24.3 Å². The summed E-state index contributed by atoms with van der Waals surface area (Å²) < 4.78 is 10.1. The van der Waals surface area contributed by atoms with E-state index in [-0.39, 0.29) is 12.6 Å². The van der Waals surface area contributed by atoms with E-state index in [2.05, 4.69) is 0 Å². The molecule has 0 atom stereocenters. The predicted molar refractivity (Wildman–Crippen MR) is 53.9 cm³/mol. The van der Waals surface area contributed by atoms with E-state index < -0.39 is 0 Å². The van der Waals surface area contributed by atoms with E-state index in [0.717, 1.165) is 0 Å². The summed E-state index contributed by atoms with van der Waals surface area (Å²) in [5, 5.41) is 0. The summed E-state index contributed by atoms with van der Waals surface area (Å²) in [6.45, 7) is 1.65. The van der Waals surface area contributed by atoms with Crippen LogP contribution in [-0.4, -0.2) is 18.9 Å². The summed E-state index contributed by atoms with van der Waals surface area (Å²) in [6.07, 6.45) is 0.931. The molecular weight excluding hydrogens is 196 g/mol. The molecule has 0 radical (unpaired) electrons. The molecule has 0 saturated heterocycles. The summed E-state index contributed by atoms with van der Waals surface area (Å²) in [6, 6.07) is 6.73. The van der Waals surface area contributed by atoms with E-state index >= 15 is 0 Å². The van der Waals surface area contributed by atoms with Crippen molar-refractivity contribution in [1.82, 2.24) is 0 Å². The van der Waals surface area contributed by atoms with Crippen LogP contribution in [0.2, 0.25) is 0 Å². The fraction of sp³-hybridized carbons (Fsp3) is 0.273. The van der Waals surface area contributed by atoms with Crippen molar-refractivity contribution in [2.75, 3.05) is 6.61 Å². The minimum atomic E-state index is -0.336. The summed E-state index contributed by atoms with van der Waals surface area (Å²) >= 11 is 0. The lowest BCUT2D eigenvalue weighted by molar-refractivity contribution is -0.134. The van der Waals surface area contributed by atoms with Gasteiger partial charge in [-0.15, -0.1) is 0 Å². The molecule has 0 saturated carbocycles. The molecule has 1 aromatic rings. The van der Waals surface area contributed by atoms with Crippen LogP contribution in [0, 0.1) is 0 Å². The quantitative estimate of drug-likeness (QED) is 0.419. The van der Waals surface area contributed by atoms with Crippen LogP contribution < -0.4 is 9.47 Å². The third-order valence-electron chi connectivity index (χ3n) is 1.67. The number of carbonyl (C=O) groups excluding carboxylic acids is 2. The lowest BCUT2D eigenvalue weighted by atomic mass is 10.3. The second-order valence-corrected chi connectivity index (χ2v) is 2.75. The highest BCUT2D eigenvalue weighted by Crippen LogP contribution is 2.26. The maximum Gasteiger partial charge on any atom is 0.311 e. The molecule has 0 fully saturated rings. The zero-order chi connectivity index (χ0) is 11.1. The topological polar surface area (TPSA) is 52.6 Å². The Labute approximate surface area is 87.8 Å². The predicted octanol–water partition coefficient (Wildman–Crippen LogP) is 1.58. The molecule has 0 amide bonds. The normalized spacial score (nSPS) is 9.40. The van der Waals surface area contributed by atoms with E-state index in [1.807, 2.05) is 0 Å². The molecule has 0 unspecified atom stereocenters. The van der Waals surface area contributed by atoms with Crippen molar-refractivity contribution in [3.63, 3.8) is 0 Å². The van der Waals surface area contributed by atoms with Crippen LogP contribution in [0.4, 0.5) is 0 Å². The number of hydrogen-bond acceptors (Lipinski definition) is 4. The molecule has 4 nitrogen and oxygen atoms in total. The first-order chi connectivity index (χ1) is 7.27. The van der Waals surface area contributed by atoms with Gasteiger partial charge in [0.25, 0.3) is 0 Å². The van der Waals surface area contributed by atoms with E-state index in [1.165, 1.54) is 0 Å². The van der Waals surface area contributed by atoms with E-state index in [9.17, 15) is 9.59 Å². The summed E-state index contributed by atoms with van der Waals surface area (Å²) in [5.41, 5.74) is 0. The second-order valence-electron chi connectivity index (χ2n) is 2.75. The van der Waals surface area contributed by atoms with Crippen molar-refractivity contribution in [3.05, 3.63) is 24.3 Å². The molecule has 80 valence electrons. The molecule has 0 heterocycles. The van der Waals surface area contributed by atoms with E-state index in [0.29, 0.717) is 24.2 Å². The highest BCUT2D eigenvalue weighted by molar-refractivity contribution is 5.72. The van der Waals surface area contributed by atoms with Crippen LogP contribution in [0.1, 0.15) is 13.3 Å². The Balaban J connectivity index is 2.76. The van der Waals surface area contributed by atoms with Gasteiger partial charge in [0.1, 0.15) is 6.61 Å². The monoisotopic (exact) mass is 208 g/mol. The first kappa shape index (κ1) is 11.2. The lowest BCUT2D eigenvalue weighted by Gasteiger charge is -2.08. The fourth-order valence-electron chi connectivity index (χ4n) is 0.972. The Morgan fingerprint density at radius 1 is 1.33 bits per heavy atom. The Morgan fingerprint density at radius 2 is 2.00 bits per heavy atom. The van der Waals surface area contributed by atoms with Gasteiger partial charge in [0.05, 0.1) is 0 Å². The molecule has 0 aromatic heterocycles. The Bertz CT molecular complexity index is 346. The number of esters is 1. The van der Waals surface area contributed by atoms with Crippen LogP contribution in [0.5, 0.6) is 11.5 Å². The molecule has 0 N–H and O–H groups in total. The van der Waals surface area contributed by atoms with Gasteiger partial charge in [-0.25, -0.2) is 0 Å². The Kier molecular flexibility index (Phi) is 4.34. The molecule has 4 heteroatoms. The van der Waals surface area contributed by atoms with Gasteiger partial charge in [-0.2, -0.15) is 0 Å². The SMILES string of the molecule is CCC(=O)Oc1ccccc1OCC=O. The molecular formula is C11H12O4. The van der Waals surface area contributed by atoms with Crippen molar-refractivity contribution in [1.29, 1.82) is 0 Å². The van der Waals surface area contributed by atoms with Crippen LogP contribution in [-0.2, 0) is 9.59 Å². The van der Waals surface area contributed by atoms with Crippen molar-refractivity contribution in [3.8, 4) is 11.5 Å². The number of rotatable bonds is 5. The molecule has 1 aromatic carbocycles. The molecule has 0 aliphatic carbocycles. The largest absolute Gasteiger partial charge is 0.482 e. The van der Waals surface area contributed by atoms with E-state index in [1.54, 1.807) is 31.2 Å². The van der Waals surface area contributed by atoms with Crippen LogP contribution in [0.3, 0.4) is 0 Å². The number of hydrogen-bond donors (Lipinski definition) is 0. The van der Waals surface area contributed by atoms with Crippen molar-refractivity contribution in [2.45, 2.75) is 13.3 Å². The van der Waals surface area contributed by atoms with Gasteiger partial charge in [0, 0.05) is 6.42 Å². The molecule has 0 aliphatic rings.